The SMILES string of the molecule is SCCSc1ncc[nH]1. The van der Waals surface area contributed by atoms with Crippen molar-refractivity contribution in [3.8, 4) is 0 Å². The van der Waals surface area contributed by atoms with Gasteiger partial charge in [0.1, 0.15) is 0 Å². The molecule has 1 aromatic heterocycles. The summed E-state index contributed by atoms with van der Waals surface area (Å²) in [6, 6.07) is 0. The molecule has 0 amide bonds. The molecule has 0 saturated carbocycles. The first-order chi connectivity index (χ1) is 4.43. The Balaban J connectivity index is 2.30. The monoisotopic (exact) mass is 160 g/mol. The standard InChI is InChI=1S/C5H8N2S2/c8-3-4-9-5-6-1-2-7-5/h1-2,8H,3-4H2,(H,6,7). The van der Waals surface area contributed by atoms with E-state index in [1.807, 2.05) is 6.20 Å². The molecule has 50 valence electrons. The molecular weight excluding hydrogens is 152 g/mol. The molecule has 2 nitrogen and oxygen atoms in total. The lowest BCUT2D eigenvalue weighted by Gasteiger charge is -1.89. The van der Waals surface area contributed by atoms with Crippen LogP contribution < -0.4 is 0 Å². The number of aromatic amines is 1. The molecule has 0 spiro atoms. The fourth-order valence-electron chi connectivity index (χ4n) is 0.472. The quantitative estimate of drug-likeness (QED) is 0.517. The van der Waals surface area contributed by atoms with Crippen molar-refractivity contribution in [1.29, 1.82) is 0 Å². The van der Waals surface area contributed by atoms with Crippen molar-refractivity contribution in [1.82, 2.24) is 9.97 Å². The molecule has 0 saturated heterocycles. The first kappa shape index (κ1) is 7.02. The smallest absolute Gasteiger partial charge is 0.165 e. The molecule has 0 unspecified atom stereocenters. The minimum absolute atomic E-state index is 0.894. The van der Waals surface area contributed by atoms with Crippen LogP contribution in [0.2, 0.25) is 0 Å². The van der Waals surface area contributed by atoms with Crippen molar-refractivity contribution in [2.24, 2.45) is 0 Å². The maximum absolute atomic E-state index is 4.07. The van der Waals surface area contributed by atoms with Gasteiger partial charge in [-0.15, -0.1) is 0 Å². The number of imidazole rings is 1. The van der Waals surface area contributed by atoms with E-state index in [1.165, 1.54) is 0 Å². The van der Waals surface area contributed by atoms with Gasteiger partial charge in [0.15, 0.2) is 5.16 Å². The lowest BCUT2D eigenvalue weighted by molar-refractivity contribution is 1.06. The Kier molecular flexibility index (Phi) is 3.00. The minimum Gasteiger partial charge on any atom is -0.340 e. The molecule has 1 N–H and O–H groups in total. The molecule has 9 heavy (non-hydrogen) atoms. The average molecular weight is 160 g/mol. The normalized spacial score (nSPS) is 9.89. The maximum atomic E-state index is 4.07. The van der Waals surface area contributed by atoms with Crippen molar-refractivity contribution in [3.63, 3.8) is 0 Å². The highest BCUT2D eigenvalue weighted by Gasteiger charge is 1.90. The van der Waals surface area contributed by atoms with Crippen molar-refractivity contribution < 1.29 is 0 Å². The Morgan fingerprint density at radius 3 is 3.22 bits per heavy atom. The van der Waals surface area contributed by atoms with Crippen LogP contribution in [0.15, 0.2) is 17.6 Å². The minimum atomic E-state index is 0.894. The molecular formula is C5H8N2S2. The third-order valence-electron chi connectivity index (χ3n) is 0.803. The largest absolute Gasteiger partial charge is 0.340 e. The van der Waals surface area contributed by atoms with Gasteiger partial charge in [-0.1, -0.05) is 11.8 Å². The summed E-state index contributed by atoms with van der Waals surface area (Å²) < 4.78 is 0. The Hall–Kier alpha value is -0.0900. The van der Waals surface area contributed by atoms with Gasteiger partial charge in [-0.05, 0) is 5.75 Å². The zero-order valence-electron chi connectivity index (χ0n) is 4.87. The third-order valence-corrected chi connectivity index (χ3v) is 2.23. The predicted molar refractivity (Wildman–Crippen MR) is 43.2 cm³/mol. The first-order valence-electron chi connectivity index (χ1n) is 2.66. The van der Waals surface area contributed by atoms with Crippen LogP contribution in [0.5, 0.6) is 0 Å². The predicted octanol–water partition coefficient (Wildman–Crippen LogP) is 1.43. The molecule has 1 heterocycles. The third kappa shape index (κ3) is 2.32. The van der Waals surface area contributed by atoms with Gasteiger partial charge >= 0.3 is 0 Å². The summed E-state index contributed by atoms with van der Waals surface area (Å²) in [6.45, 7) is 0. The van der Waals surface area contributed by atoms with Crippen molar-refractivity contribution >= 4 is 24.4 Å². The number of hydrogen-bond donors (Lipinski definition) is 2. The number of rotatable bonds is 3. The van der Waals surface area contributed by atoms with Gasteiger partial charge in [-0.2, -0.15) is 12.6 Å². The van der Waals surface area contributed by atoms with Gasteiger partial charge < -0.3 is 4.98 Å². The van der Waals surface area contributed by atoms with Crippen LogP contribution in [0.4, 0.5) is 0 Å². The van der Waals surface area contributed by atoms with Crippen LogP contribution in [-0.2, 0) is 0 Å². The number of hydrogen-bond acceptors (Lipinski definition) is 3. The highest BCUT2D eigenvalue weighted by Crippen LogP contribution is 2.10. The average Bonchev–Trinajstić information content (AvgIpc) is 2.34. The van der Waals surface area contributed by atoms with E-state index in [-0.39, 0.29) is 0 Å². The molecule has 1 rings (SSSR count). The van der Waals surface area contributed by atoms with Crippen LogP contribution in [-0.4, -0.2) is 21.5 Å². The van der Waals surface area contributed by atoms with Gasteiger partial charge in [-0.3, -0.25) is 0 Å². The number of thiol groups is 1. The summed E-state index contributed by atoms with van der Waals surface area (Å²) in [5, 5.41) is 0.976. The highest BCUT2D eigenvalue weighted by molar-refractivity contribution is 7.99. The van der Waals surface area contributed by atoms with Crippen LogP contribution in [0.25, 0.3) is 0 Å². The summed E-state index contributed by atoms with van der Waals surface area (Å²) in [7, 11) is 0. The zero-order valence-corrected chi connectivity index (χ0v) is 6.58. The van der Waals surface area contributed by atoms with E-state index in [9.17, 15) is 0 Å². The van der Waals surface area contributed by atoms with E-state index < -0.39 is 0 Å². The van der Waals surface area contributed by atoms with E-state index in [4.69, 9.17) is 0 Å². The van der Waals surface area contributed by atoms with Gasteiger partial charge in [0.2, 0.25) is 0 Å². The van der Waals surface area contributed by atoms with Crippen molar-refractivity contribution in [2.45, 2.75) is 5.16 Å². The Bertz CT molecular complexity index is 150. The molecule has 0 aliphatic rings. The molecule has 4 heteroatoms. The van der Waals surface area contributed by atoms with E-state index >= 15 is 0 Å². The molecule has 0 radical (unpaired) electrons. The second-order valence-electron chi connectivity index (χ2n) is 1.47. The number of nitrogens with one attached hydrogen (secondary N) is 1. The summed E-state index contributed by atoms with van der Waals surface area (Å²) in [4.78, 5) is 7.02. The highest BCUT2D eigenvalue weighted by atomic mass is 32.2. The molecule has 0 fully saturated rings. The maximum Gasteiger partial charge on any atom is 0.165 e. The summed E-state index contributed by atoms with van der Waals surface area (Å²) in [5.74, 6) is 1.90. The fraction of sp³-hybridized carbons (Fsp3) is 0.400. The molecule has 0 aliphatic heterocycles. The van der Waals surface area contributed by atoms with Gasteiger partial charge in [0.05, 0.1) is 0 Å². The summed E-state index contributed by atoms with van der Waals surface area (Å²) in [6.07, 6.45) is 3.57. The van der Waals surface area contributed by atoms with E-state index in [2.05, 4.69) is 22.6 Å². The summed E-state index contributed by atoms with van der Waals surface area (Å²) in [5.41, 5.74) is 0. The number of nitrogens with zero attached hydrogens (tertiary/aromatic N) is 1. The fourth-order valence-corrected chi connectivity index (χ4v) is 1.32. The molecule has 0 aliphatic carbocycles. The molecule has 0 aromatic carbocycles. The van der Waals surface area contributed by atoms with Crippen molar-refractivity contribution in [3.05, 3.63) is 12.4 Å². The van der Waals surface area contributed by atoms with Crippen LogP contribution in [0, 0.1) is 0 Å². The number of thioether (sulfide) groups is 1. The molecule has 0 bridgehead atoms. The van der Waals surface area contributed by atoms with E-state index in [1.54, 1.807) is 18.0 Å². The van der Waals surface area contributed by atoms with Gasteiger partial charge in [-0.25, -0.2) is 4.98 Å². The van der Waals surface area contributed by atoms with E-state index in [0.29, 0.717) is 0 Å². The number of H-pyrrole nitrogens is 1. The van der Waals surface area contributed by atoms with Crippen LogP contribution in [0.1, 0.15) is 0 Å². The zero-order chi connectivity index (χ0) is 6.53. The van der Waals surface area contributed by atoms with Gasteiger partial charge in [0, 0.05) is 18.1 Å². The van der Waals surface area contributed by atoms with Crippen LogP contribution >= 0.6 is 24.4 Å². The van der Waals surface area contributed by atoms with E-state index in [0.717, 1.165) is 16.7 Å². The summed E-state index contributed by atoms with van der Waals surface area (Å²) >= 11 is 5.75. The lowest BCUT2D eigenvalue weighted by atomic mass is 11.0. The second-order valence-corrected chi connectivity index (χ2v) is 3.00. The second kappa shape index (κ2) is 3.85. The van der Waals surface area contributed by atoms with Crippen molar-refractivity contribution in [2.75, 3.05) is 11.5 Å². The van der Waals surface area contributed by atoms with Crippen LogP contribution in [0.3, 0.4) is 0 Å². The molecule has 0 atom stereocenters. The first-order valence-corrected chi connectivity index (χ1v) is 4.28. The number of aromatic nitrogens is 2. The Morgan fingerprint density at radius 1 is 1.78 bits per heavy atom. The topological polar surface area (TPSA) is 28.7 Å². The Morgan fingerprint density at radius 2 is 2.67 bits per heavy atom. The lowest BCUT2D eigenvalue weighted by Crippen LogP contribution is -1.80. The van der Waals surface area contributed by atoms with Gasteiger partial charge in [0.25, 0.3) is 0 Å². The molecule has 1 aromatic rings. The Labute approximate surface area is 63.9 Å².